The van der Waals surface area contributed by atoms with Crippen molar-refractivity contribution in [2.75, 3.05) is 0 Å². The molecule has 100 valence electrons. The van der Waals surface area contributed by atoms with Crippen LogP contribution in [0.4, 0.5) is 4.39 Å². The Hall–Kier alpha value is -1.20. The van der Waals surface area contributed by atoms with Crippen molar-refractivity contribution in [3.63, 3.8) is 0 Å². The van der Waals surface area contributed by atoms with Gasteiger partial charge in [0.15, 0.2) is 0 Å². The maximum Gasteiger partial charge on any atom is 0.265 e. The molecule has 0 unspecified atom stereocenters. The normalized spacial score (nSPS) is 11.1. The first-order valence-corrected chi connectivity index (χ1v) is 6.82. The van der Waals surface area contributed by atoms with Crippen molar-refractivity contribution in [1.82, 2.24) is 9.97 Å². The topological polar surface area (TPSA) is 45.8 Å². The van der Waals surface area contributed by atoms with Gasteiger partial charge >= 0.3 is 0 Å². The second-order valence-corrected chi connectivity index (χ2v) is 5.60. The van der Waals surface area contributed by atoms with E-state index in [1.807, 2.05) is 13.8 Å². The van der Waals surface area contributed by atoms with Crippen molar-refractivity contribution in [2.45, 2.75) is 19.8 Å². The Morgan fingerprint density at radius 2 is 2.11 bits per heavy atom. The van der Waals surface area contributed by atoms with Crippen molar-refractivity contribution in [1.29, 1.82) is 0 Å². The van der Waals surface area contributed by atoms with Gasteiger partial charge in [-0.15, -0.1) is 0 Å². The first-order chi connectivity index (χ1) is 8.90. The largest absolute Gasteiger partial charge is 0.306 e. The molecule has 0 spiro atoms. The third kappa shape index (κ3) is 2.87. The molecule has 0 saturated carbocycles. The summed E-state index contributed by atoms with van der Waals surface area (Å²) in [6.07, 6.45) is 0. The summed E-state index contributed by atoms with van der Waals surface area (Å²) in [7, 11) is 0. The number of hydrogen-bond acceptors (Lipinski definition) is 2. The smallest absolute Gasteiger partial charge is 0.265 e. The lowest BCUT2D eigenvalue weighted by Gasteiger charge is -2.09. The Labute approximate surface area is 123 Å². The van der Waals surface area contributed by atoms with Crippen LogP contribution in [-0.2, 0) is 0 Å². The van der Waals surface area contributed by atoms with Gasteiger partial charge in [0.05, 0.1) is 10.7 Å². The number of aromatic amines is 1. The Kier molecular flexibility index (Phi) is 4.06. The summed E-state index contributed by atoms with van der Waals surface area (Å²) in [5.74, 6) is -0.143. The fourth-order valence-corrected chi connectivity index (χ4v) is 2.40. The number of benzene rings is 1. The molecule has 19 heavy (non-hydrogen) atoms. The molecule has 1 aromatic heterocycles. The van der Waals surface area contributed by atoms with E-state index >= 15 is 0 Å². The molecular weight excluding hydrogens is 335 g/mol. The van der Waals surface area contributed by atoms with E-state index in [1.165, 1.54) is 12.1 Å². The van der Waals surface area contributed by atoms with Crippen molar-refractivity contribution >= 4 is 27.5 Å². The van der Waals surface area contributed by atoms with E-state index in [-0.39, 0.29) is 16.5 Å². The van der Waals surface area contributed by atoms with E-state index in [9.17, 15) is 9.18 Å². The van der Waals surface area contributed by atoms with Crippen LogP contribution in [0.2, 0.25) is 5.02 Å². The van der Waals surface area contributed by atoms with E-state index in [0.29, 0.717) is 21.6 Å². The molecule has 6 heteroatoms. The number of halogens is 3. The van der Waals surface area contributed by atoms with Gasteiger partial charge in [-0.3, -0.25) is 4.79 Å². The molecule has 0 atom stereocenters. The minimum atomic E-state index is -0.546. The number of aromatic nitrogens is 2. The molecule has 0 saturated heterocycles. The van der Waals surface area contributed by atoms with Crippen LogP contribution in [0.15, 0.2) is 27.5 Å². The Morgan fingerprint density at radius 1 is 1.42 bits per heavy atom. The predicted octanol–water partition coefficient (Wildman–Crippen LogP) is 4.12. The highest BCUT2D eigenvalue weighted by atomic mass is 79.9. The van der Waals surface area contributed by atoms with Crippen molar-refractivity contribution < 1.29 is 4.39 Å². The highest BCUT2D eigenvalue weighted by Crippen LogP contribution is 2.24. The van der Waals surface area contributed by atoms with Crippen LogP contribution >= 0.6 is 27.5 Å². The zero-order valence-corrected chi connectivity index (χ0v) is 12.6. The zero-order valence-electron chi connectivity index (χ0n) is 10.3. The van der Waals surface area contributed by atoms with Crippen LogP contribution in [0.25, 0.3) is 11.4 Å². The van der Waals surface area contributed by atoms with Crippen LogP contribution in [0, 0.1) is 5.82 Å². The van der Waals surface area contributed by atoms with Crippen LogP contribution in [0.3, 0.4) is 0 Å². The van der Waals surface area contributed by atoms with Crippen LogP contribution < -0.4 is 5.56 Å². The zero-order chi connectivity index (χ0) is 14.2. The molecule has 0 radical (unpaired) electrons. The van der Waals surface area contributed by atoms with Crippen LogP contribution in [0.5, 0.6) is 0 Å². The molecule has 1 aromatic carbocycles. The minimum absolute atomic E-state index is 0.0345. The monoisotopic (exact) mass is 344 g/mol. The molecule has 1 heterocycles. The van der Waals surface area contributed by atoms with Gasteiger partial charge in [-0.2, -0.15) is 0 Å². The quantitative estimate of drug-likeness (QED) is 0.890. The van der Waals surface area contributed by atoms with Crippen LogP contribution in [0.1, 0.15) is 25.5 Å². The Morgan fingerprint density at radius 3 is 2.68 bits per heavy atom. The maximum absolute atomic E-state index is 13.4. The first-order valence-electron chi connectivity index (χ1n) is 5.65. The molecule has 0 aliphatic carbocycles. The summed E-state index contributed by atoms with van der Waals surface area (Å²) in [6.45, 7) is 3.86. The molecule has 2 rings (SSSR count). The number of H-pyrrole nitrogens is 1. The molecule has 0 aliphatic heterocycles. The molecular formula is C13H11BrClFN2O. The van der Waals surface area contributed by atoms with Crippen molar-refractivity contribution in [3.8, 4) is 11.4 Å². The van der Waals surface area contributed by atoms with Gasteiger partial charge in [0, 0.05) is 5.56 Å². The summed E-state index contributed by atoms with van der Waals surface area (Å²) < 4.78 is 13.8. The van der Waals surface area contributed by atoms with E-state index in [4.69, 9.17) is 11.6 Å². The average Bonchev–Trinajstić information content (AvgIpc) is 2.35. The molecule has 0 aliphatic rings. The summed E-state index contributed by atoms with van der Waals surface area (Å²) in [5.41, 5.74) is 0.826. The number of nitrogens with one attached hydrogen (secondary N) is 1. The lowest BCUT2D eigenvalue weighted by Crippen LogP contribution is -2.14. The van der Waals surface area contributed by atoms with Crippen LogP contribution in [-0.4, -0.2) is 9.97 Å². The standard InChI is InChI=1S/C13H11BrClFN2O/c1-6(2)11-10(14)13(19)18-12(17-11)7-3-4-8(15)9(16)5-7/h3-6H,1-2H3,(H,17,18,19). The SMILES string of the molecule is CC(C)c1nc(-c2ccc(Cl)c(F)c2)[nH]c(=O)c1Br. The molecule has 0 bridgehead atoms. The predicted molar refractivity (Wildman–Crippen MR) is 77.1 cm³/mol. The molecule has 1 N–H and O–H groups in total. The van der Waals surface area contributed by atoms with Crippen molar-refractivity contribution in [2.24, 2.45) is 0 Å². The highest BCUT2D eigenvalue weighted by Gasteiger charge is 2.14. The summed E-state index contributed by atoms with van der Waals surface area (Å²) in [4.78, 5) is 18.8. The maximum atomic E-state index is 13.4. The third-order valence-corrected chi connectivity index (χ3v) is 3.70. The lowest BCUT2D eigenvalue weighted by molar-refractivity contribution is 0.628. The second kappa shape index (κ2) is 5.43. The van der Waals surface area contributed by atoms with E-state index < -0.39 is 5.82 Å². The van der Waals surface area contributed by atoms with Gasteiger partial charge in [-0.05, 0) is 40.0 Å². The Balaban J connectivity index is 2.63. The fraction of sp³-hybridized carbons (Fsp3) is 0.231. The van der Waals surface area contributed by atoms with Gasteiger partial charge in [0.1, 0.15) is 16.1 Å². The third-order valence-electron chi connectivity index (χ3n) is 2.63. The molecule has 3 nitrogen and oxygen atoms in total. The number of hydrogen-bond donors (Lipinski definition) is 1. The minimum Gasteiger partial charge on any atom is -0.306 e. The highest BCUT2D eigenvalue weighted by molar-refractivity contribution is 9.10. The molecule has 0 amide bonds. The summed E-state index contributed by atoms with van der Waals surface area (Å²) >= 11 is 8.84. The van der Waals surface area contributed by atoms with Gasteiger partial charge in [-0.1, -0.05) is 25.4 Å². The Bertz CT molecular complexity index is 685. The van der Waals surface area contributed by atoms with Crippen molar-refractivity contribution in [3.05, 3.63) is 49.6 Å². The number of nitrogens with zero attached hydrogens (tertiary/aromatic N) is 1. The van der Waals surface area contributed by atoms with Gasteiger partial charge < -0.3 is 4.98 Å². The fourth-order valence-electron chi connectivity index (χ4n) is 1.64. The summed E-state index contributed by atoms with van der Waals surface area (Å²) in [5, 5.41) is 0.0345. The molecule has 2 aromatic rings. The van der Waals surface area contributed by atoms with Gasteiger partial charge in [0.2, 0.25) is 0 Å². The lowest BCUT2D eigenvalue weighted by atomic mass is 10.1. The van der Waals surface area contributed by atoms with E-state index in [0.717, 1.165) is 0 Å². The number of rotatable bonds is 2. The molecule has 0 fully saturated rings. The van der Waals surface area contributed by atoms with E-state index in [2.05, 4.69) is 25.9 Å². The average molecular weight is 346 g/mol. The van der Waals surface area contributed by atoms with Gasteiger partial charge in [-0.25, -0.2) is 9.37 Å². The second-order valence-electron chi connectivity index (χ2n) is 4.40. The van der Waals surface area contributed by atoms with Gasteiger partial charge in [0.25, 0.3) is 5.56 Å². The summed E-state index contributed by atoms with van der Waals surface area (Å²) in [6, 6.07) is 4.30. The first kappa shape index (κ1) is 14.2. The van der Waals surface area contributed by atoms with E-state index in [1.54, 1.807) is 6.07 Å².